The molecule has 0 atom stereocenters. The predicted octanol–water partition coefficient (Wildman–Crippen LogP) is 32.5. The number of hydrogen-bond acceptors (Lipinski definition) is 2. The van der Waals surface area contributed by atoms with Crippen LogP contribution in [0.2, 0.25) is 0 Å². The molecule has 0 fully saturated rings. The van der Waals surface area contributed by atoms with E-state index in [1.807, 2.05) is 0 Å². The van der Waals surface area contributed by atoms with Crippen molar-refractivity contribution < 1.29 is 4.39 Å². The molecule has 18 aromatic rings. The van der Waals surface area contributed by atoms with Crippen LogP contribution in [0.3, 0.4) is 0 Å². The van der Waals surface area contributed by atoms with Crippen LogP contribution in [0, 0.1) is 5.82 Å². The summed E-state index contributed by atoms with van der Waals surface area (Å²) >= 11 is 13.6. The van der Waals surface area contributed by atoms with E-state index >= 15 is 0 Å². The van der Waals surface area contributed by atoms with Crippen LogP contribution in [0.5, 0.6) is 0 Å². The number of rotatable bonds is 1. The van der Waals surface area contributed by atoms with Gasteiger partial charge in [0.1, 0.15) is 5.82 Å². The maximum atomic E-state index is 12.3. The quantitative estimate of drug-likeness (QED) is 0.122. The number of hydrogen-bond donors (Lipinski definition) is 2. The van der Waals surface area contributed by atoms with Crippen molar-refractivity contribution in [2.75, 3.05) is 0 Å². The van der Waals surface area contributed by atoms with Crippen molar-refractivity contribution in [3.63, 3.8) is 0 Å². The second kappa shape index (κ2) is 31.0. The minimum atomic E-state index is -0.215. The zero-order chi connectivity index (χ0) is 83.5. The molecule has 18 rings (SSSR count). The Bertz CT molecular complexity index is 6550. The van der Waals surface area contributed by atoms with Crippen molar-refractivity contribution in [3.05, 3.63) is 288 Å². The van der Waals surface area contributed by atoms with Crippen molar-refractivity contribution in [1.82, 2.24) is 18.4 Å². The SMILES string of the molecule is CC(C)(C)c1ccc2[nH]c3ccc(C(C)(C)C)cc3c2c1.CC(C)(C)c1ccc2c(c1)c1cc(C(C)(C)C)cc3c4cc(Br)ccc4n2c31.CC(C)(C)c1ccc2c(c1)c1cc(C(C)(C)C)cc3c4ccccc4n2c31.CC(C)(C)c1ccc2c(c1)c1cc(C(C)(C)C)ccc1n2-c1ccccc1Br.Fc1ccccc1Br.[B]=NS. The fraction of sp³-hybridized carbons (Fsp3) is 0.308. The van der Waals surface area contributed by atoms with Gasteiger partial charge >= 0.3 is 24.8 Å². The molecule has 1 N–H and O–H groups in total. The van der Waals surface area contributed by atoms with Gasteiger partial charge in [-0.1, -0.05) is 261 Å². The Morgan fingerprint density at radius 3 is 0.904 bits per heavy atom. The molecule has 6 aromatic heterocycles. The predicted molar refractivity (Wildman–Crippen MR) is 515 cm³/mol. The molecule has 0 saturated heterocycles. The van der Waals surface area contributed by atoms with Gasteiger partial charge in [0.05, 0.1) is 54.3 Å². The Morgan fingerprint density at radius 2 is 0.557 bits per heavy atom. The van der Waals surface area contributed by atoms with E-state index in [1.54, 1.807) is 18.2 Å². The van der Waals surface area contributed by atoms with Crippen LogP contribution in [0.25, 0.3) is 125 Å². The van der Waals surface area contributed by atoms with E-state index in [1.165, 1.54) is 176 Å². The van der Waals surface area contributed by atoms with Crippen LogP contribution in [-0.2, 0) is 43.3 Å². The van der Waals surface area contributed by atoms with Gasteiger partial charge < -0.3 is 18.4 Å². The van der Waals surface area contributed by atoms with Crippen LogP contribution in [0.4, 0.5) is 4.39 Å². The van der Waals surface area contributed by atoms with Gasteiger partial charge in [0.2, 0.25) is 0 Å². The Kier molecular flexibility index (Phi) is 22.8. The third-order valence-electron chi connectivity index (χ3n) is 22.9. The van der Waals surface area contributed by atoms with Crippen molar-refractivity contribution in [2.24, 2.45) is 4.30 Å². The minimum absolute atomic E-state index is 0.107. The van der Waals surface area contributed by atoms with Crippen molar-refractivity contribution >= 4 is 188 Å². The Labute approximate surface area is 712 Å². The standard InChI is InChI=1S/C26H26BrN.C26H28BrN.C26H27N.C20H25N.C6H4BrF.BHNS/c1-25(2,3)15-7-9-22-18(11-15)20-12-16(26(4,5)6)13-21-19-14-17(27)8-10-23(19)28(22)24(20)21;1-25(2,3)17-11-13-22-19(15-17)20-16-18(26(4,5)6)12-14-23(20)28(22)24-10-8-7-9-21(24)27;1-25(2,3)16-11-12-23-19(13-16)21-15-17(26(4,5)6)14-20-18-9-7-8-10-22(18)27(23)24(20)21;1-19(2,3)13-7-9-17-15(11-13)16-12-14(20(4,5)6)8-10-18(16)21-17;7-5-3-1-2-4-6(5)8;1-2-3/h7-14H,1-6H3;7-16H,1-6H3;7-15H,1-6H3;7-12,21H,1-6H3;1-4H;3H. The van der Waals surface area contributed by atoms with Gasteiger partial charge in [0, 0.05) is 84.6 Å². The molecule has 6 heterocycles. The van der Waals surface area contributed by atoms with E-state index in [9.17, 15) is 4.39 Å². The molecule has 0 aliphatic carbocycles. The Morgan fingerprint density at radius 1 is 0.287 bits per heavy atom. The molecule has 0 saturated carbocycles. The van der Waals surface area contributed by atoms with E-state index in [0.717, 1.165) is 8.95 Å². The fourth-order valence-corrected chi connectivity index (χ4v) is 17.0. The first-order valence-corrected chi connectivity index (χ1v) is 43.0. The first kappa shape index (κ1) is 84.3. The van der Waals surface area contributed by atoms with E-state index in [4.69, 9.17) is 0 Å². The van der Waals surface area contributed by atoms with Crippen LogP contribution < -0.4 is 0 Å². The molecule has 11 heteroatoms. The monoisotopic (exact) mass is 1730 g/mol. The number of nitrogens with zero attached hydrogens (tertiary/aromatic N) is 4. The van der Waals surface area contributed by atoms with Gasteiger partial charge in [-0.25, -0.2) is 4.39 Å². The molecule has 5 nitrogen and oxygen atoms in total. The maximum absolute atomic E-state index is 12.3. The summed E-state index contributed by atoms with van der Waals surface area (Å²) in [4.78, 5) is 3.54. The van der Waals surface area contributed by atoms with Gasteiger partial charge in [-0.05, 0) is 265 Å². The van der Waals surface area contributed by atoms with Crippen LogP contribution >= 0.6 is 60.6 Å². The topological polar surface area (TPSA) is 41.9 Å². The number of thiol groups is 1. The van der Waals surface area contributed by atoms with Gasteiger partial charge in [-0.3, -0.25) is 0 Å². The van der Waals surface area contributed by atoms with E-state index in [2.05, 4.69) is 457 Å². The molecule has 12 aromatic carbocycles. The summed E-state index contributed by atoms with van der Waals surface area (Å²) in [6, 6.07) is 81.6. The van der Waals surface area contributed by atoms with Crippen molar-refractivity contribution in [2.45, 2.75) is 209 Å². The average Bonchev–Trinajstić information content (AvgIpc) is 1.53. The first-order chi connectivity index (χ1) is 53.7. The normalized spacial score (nSPS) is 12.8. The number of benzene rings is 12. The molecule has 1 radical (unpaired) electrons. The van der Waals surface area contributed by atoms with Gasteiger partial charge in [0.15, 0.2) is 0 Å². The second-order valence-electron chi connectivity index (χ2n) is 39.6. The first-order valence-electron chi connectivity index (χ1n) is 40.2. The molecule has 115 heavy (non-hydrogen) atoms. The second-order valence-corrected chi connectivity index (χ2v) is 42.4. The Balaban J connectivity index is 0.000000128. The number of aromatic nitrogens is 4. The number of nitrogens with one attached hydrogen (secondary N) is 1. The van der Waals surface area contributed by atoms with Crippen LogP contribution in [0.15, 0.2) is 242 Å². The van der Waals surface area contributed by atoms with Gasteiger partial charge in [-0.15, -0.1) is 0 Å². The number of halogens is 4. The molecule has 0 aliphatic heterocycles. The van der Waals surface area contributed by atoms with Crippen molar-refractivity contribution in [3.8, 4) is 5.69 Å². The zero-order valence-corrected chi connectivity index (χ0v) is 77.3. The number of aromatic amines is 1. The molecular formula is C104H111BBr3FN5S. The van der Waals surface area contributed by atoms with E-state index in [-0.39, 0.29) is 49.1 Å². The number of para-hydroxylation sites is 2. The summed E-state index contributed by atoms with van der Waals surface area (Å²) in [6.45, 7) is 54.9. The van der Waals surface area contributed by atoms with Crippen LogP contribution in [0.1, 0.15) is 211 Å². The molecule has 0 aliphatic rings. The molecule has 0 unspecified atom stereocenters. The van der Waals surface area contributed by atoms with Crippen LogP contribution in [-0.4, -0.2) is 26.0 Å². The summed E-state index contributed by atoms with van der Waals surface area (Å²) < 4.78 is 25.0. The molecular weight excluding hydrogens is 1620 g/mol. The zero-order valence-electron chi connectivity index (χ0n) is 71.7. The average molecular weight is 1730 g/mol. The molecule has 0 amide bonds. The van der Waals surface area contributed by atoms with Gasteiger partial charge in [0.25, 0.3) is 0 Å². The van der Waals surface area contributed by atoms with E-state index in [0.29, 0.717) is 4.47 Å². The summed E-state index contributed by atoms with van der Waals surface area (Å²) in [6.07, 6.45) is 0. The molecule has 0 spiro atoms. The third-order valence-corrected chi connectivity index (χ3v) is 24.7. The summed E-state index contributed by atoms with van der Waals surface area (Å²) in [5, 5.41) is 16.2. The summed E-state index contributed by atoms with van der Waals surface area (Å²) in [5.74, 6) is -0.215. The third kappa shape index (κ3) is 16.8. The number of H-pyrrole nitrogens is 1. The number of fused-ring (bicyclic) bond motifs is 18. The Hall–Kier alpha value is -8.58. The summed E-state index contributed by atoms with van der Waals surface area (Å²) in [5.41, 5.74) is 26.3. The summed E-state index contributed by atoms with van der Waals surface area (Å²) in [7, 11) is 4.34. The van der Waals surface area contributed by atoms with Crippen molar-refractivity contribution in [1.29, 1.82) is 0 Å². The van der Waals surface area contributed by atoms with Gasteiger partial charge in [-0.2, -0.15) is 0 Å². The fourth-order valence-electron chi connectivity index (χ4n) is 15.9. The molecule has 0 bridgehead atoms. The van der Waals surface area contributed by atoms with E-state index < -0.39 is 0 Å². The molecule has 589 valence electrons.